The van der Waals surface area contributed by atoms with Crippen molar-refractivity contribution in [2.75, 3.05) is 6.54 Å². The third-order valence-electron chi connectivity index (χ3n) is 3.50. The Bertz CT molecular complexity index is 729. The lowest BCUT2D eigenvalue weighted by Gasteiger charge is -2.09. The first-order chi connectivity index (χ1) is 10.6. The molecule has 0 saturated carbocycles. The highest BCUT2D eigenvalue weighted by Crippen LogP contribution is 2.18. The van der Waals surface area contributed by atoms with E-state index in [9.17, 15) is 13.6 Å². The van der Waals surface area contributed by atoms with Crippen molar-refractivity contribution in [1.82, 2.24) is 10.6 Å². The van der Waals surface area contributed by atoms with Gasteiger partial charge in [0.15, 0.2) is 5.78 Å². The van der Waals surface area contributed by atoms with E-state index in [4.69, 9.17) is 0 Å². The van der Waals surface area contributed by atoms with Crippen LogP contribution in [0, 0.1) is 11.6 Å². The Morgan fingerprint density at radius 1 is 1.14 bits per heavy atom. The van der Waals surface area contributed by atoms with Crippen molar-refractivity contribution in [2.24, 2.45) is 0 Å². The molecule has 112 valence electrons. The number of benzene rings is 2. The maximum atomic E-state index is 13.6. The van der Waals surface area contributed by atoms with E-state index in [-0.39, 0.29) is 11.6 Å². The molecule has 1 aliphatic heterocycles. The van der Waals surface area contributed by atoms with Gasteiger partial charge in [0.25, 0.3) is 0 Å². The number of ketones is 1. The summed E-state index contributed by atoms with van der Waals surface area (Å²) in [6, 6.07) is 12.8. The molecule has 1 saturated heterocycles. The standard InChI is InChI=1S/C17H14F2N2O/c18-12-6-7-13(14(19)8-12)16(22)9-17-20-10-15(21-17)11-4-2-1-3-5-11/h1-9,15,20-21H,10H2/b17-9-. The summed E-state index contributed by atoms with van der Waals surface area (Å²) in [7, 11) is 0. The lowest BCUT2D eigenvalue weighted by Crippen LogP contribution is -2.15. The Morgan fingerprint density at radius 3 is 2.64 bits per heavy atom. The van der Waals surface area contributed by atoms with E-state index in [1.807, 2.05) is 30.3 Å². The van der Waals surface area contributed by atoms with Gasteiger partial charge in [-0.1, -0.05) is 30.3 Å². The van der Waals surface area contributed by atoms with Crippen LogP contribution in [-0.4, -0.2) is 12.3 Å². The van der Waals surface area contributed by atoms with E-state index in [1.54, 1.807) is 0 Å². The van der Waals surface area contributed by atoms with Gasteiger partial charge in [0.2, 0.25) is 0 Å². The third-order valence-corrected chi connectivity index (χ3v) is 3.50. The van der Waals surface area contributed by atoms with E-state index < -0.39 is 17.4 Å². The minimum Gasteiger partial charge on any atom is -0.369 e. The summed E-state index contributed by atoms with van der Waals surface area (Å²) in [6.07, 6.45) is 1.29. The van der Waals surface area contributed by atoms with Gasteiger partial charge < -0.3 is 10.6 Å². The highest BCUT2D eigenvalue weighted by Gasteiger charge is 2.20. The first kappa shape index (κ1) is 14.3. The summed E-state index contributed by atoms with van der Waals surface area (Å²) in [6.45, 7) is 0.634. The van der Waals surface area contributed by atoms with E-state index in [1.165, 1.54) is 6.08 Å². The first-order valence-corrected chi connectivity index (χ1v) is 6.90. The fourth-order valence-corrected chi connectivity index (χ4v) is 2.38. The molecule has 0 aromatic heterocycles. The predicted molar refractivity (Wildman–Crippen MR) is 79.1 cm³/mol. The zero-order chi connectivity index (χ0) is 15.5. The van der Waals surface area contributed by atoms with Crippen LogP contribution in [-0.2, 0) is 0 Å². The average molecular weight is 300 g/mol. The molecule has 1 aliphatic rings. The van der Waals surface area contributed by atoms with Crippen molar-refractivity contribution in [3.8, 4) is 0 Å². The second-order valence-corrected chi connectivity index (χ2v) is 5.03. The number of carbonyl (C=O) groups is 1. The fraction of sp³-hybridized carbons (Fsp3) is 0.118. The van der Waals surface area contributed by atoms with Crippen LogP contribution in [0.4, 0.5) is 8.78 Å². The monoisotopic (exact) mass is 300 g/mol. The molecule has 1 heterocycles. The largest absolute Gasteiger partial charge is 0.369 e. The maximum absolute atomic E-state index is 13.6. The van der Waals surface area contributed by atoms with E-state index in [2.05, 4.69) is 10.6 Å². The van der Waals surface area contributed by atoms with Crippen molar-refractivity contribution in [3.63, 3.8) is 0 Å². The molecule has 1 fully saturated rings. The van der Waals surface area contributed by atoms with Gasteiger partial charge in [-0.15, -0.1) is 0 Å². The van der Waals surface area contributed by atoms with Gasteiger partial charge >= 0.3 is 0 Å². The molecular weight excluding hydrogens is 286 g/mol. The molecule has 2 aromatic rings. The quantitative estimate of drug-likeness (QED) is 0.676. The molecule has 0 spiro atoms. The Labute approximate surface area is 126 Å². The van der Waals surface area contributed by atoms with Crippen molar-refractivity contribution in [1.29, 1.82) is 0 Å². The third kappa shape index (κ3) is 2.98. The number of hydrogen-bond acceptors (Lipinski definition) is 3. The van der Waals surface area contributed by atoms with E-state index >= 15 is 0 Å². The molecule has 3 rings (SSSR count). The van der Waals surface area contributed by atoms with E-state index in [0.29, 0.717) is 18.4 Å². The number of allylic oxidation sites excluding steroid dienone is 1. The van der Waals surface area contributed by atoms with Gasteiger partial charge in [0.1, 0.15) is 17.5 Å². The molecule has 1 atom stereocenters. The van der Waals surface area contributed by atoms with Crippen LogP contribution in [0.25, 0.3) is 0 Å². The minimum absolute atomic E-state index is 0.0540. The van der Waals surface area contributed by atoms with Crippen LogP contribution >= 0.6 is 0 Å². The Balaban J connectivity index is 1.75. The summed E-state index contributed by atoms with van der Waals surface area (Å²) < 4.78 is 26.4. The van der Waals surface area contributed by atoms with E-state index in [0.717, 1.165) is 17.7 Å². The van der Waals surface area contributed by atoms with Crippen LogP contribution in [0.5, 0.6) is 0 Å². The molecule has 0 aliphatic carbocycles. The Morgan fingerprint density at radius 2 is 1.91 bits per heavy atom. The summed E-state index contributed by atoms with van der Waals surface area (Å²) in [4.78, 5) is 12.1. The summed E-state index contributed by atoms with van der Waals surface area (Å²) in [5.74, 6) is -1.55. The average Bonchev–Trinajstić information content (AvgIpc) is 2.96. The minimum atomic E-state index is -0.862. The first-order valence-electron chi connectivity index (χ1n) is 6.90. The molecule has 2 aromatic carbocycles. The van der Waals surface area contributed by atoms with Gasteiger partial charge in [-0.25, -0.2) is 8.78 Å². The number of carbonyl (C=O) groups excluding carboxylic acids is 1. The number of nitrogens with one attached hydrogen (secondary N) is 2. The molecule has 22 heavy (non-hydrogen) atoms. The number of rotatable bonds is 3. The highest BCUT2D eigenvalue weighted by molar-refractivity contribution is 6.05. The lowest BCUT2D eigenvalue weighted by molar-refractivity contribution is 0.104. The second-order valence-electron chi connectivity index (χ2n) is 5.03. The van der Waals surface area contributed by atoms with Crippen molar-refractivity contribution < 1.29 is 13.6 Å². The molecule has 0 radical (unpaired) electrons. The van der Waals surface area contributed by atoms with Crippen molar-refractivity contribution in [2.45, 2.75) is 6.04 Å². The highest BCUT2D eigenvalue weighted by atomic mass is 19.1. The fourth-order valence-electron chi connectivity index (χ4n) is 2.38. The smallest absolute Gasteiger partial charge is 0.192 e. The van der Waals surface area contributed by atoms with Crippen LogP contribution < -0.4 is 10.6 Å². The molecule has 3 nitrogen and oxygen atoms in total. The second kappa shape index (κ2) is 5.97. The van der Waals surface area contributed by atoms with Crippen LogP contribution in [0.2, 0.25) is 0 Å². The predicted octanol–water partition coefficient (Wildman–Crippen LogP) is 2.92. The summed E-state index contributed by atoms with van der Waals surface area (Å²) in [5.41, 5.74) is 0.944. The van der Waals surface area contributed by atoms with Gasteiger partial charge in [0, 0.05) is 18.7 Å². The molecule has 0 amide bonds. The molecule has 1 unspecified atom stereocenters. The Hall–Kier alpha value is -2.69. The number of halogens is 2. The van der Waals surface area contributed by atoms with Crippen molar-refractivity contribution >= 4 is 5.78 Å². The summed E-state index contributed by atoms with van der Waals surface area (Å²) >= 11 is 0. The zero-order valence-corrected chi connectivity index (χ0v) is 11.6. The molecule has 0 bridgehead atoms. The Kier molecular flexibility index (Phi) is 3.87. The topological polar surface area (TPSA) is 41.1 Å². The van der Waals surface area contributed by atoms with Gasteiger partial charge in [-0.05, 0) is 17.7 Å². The summed E-state index contributed by atoms with van der Waals surface area (Å²) in [5, 5.41) is 6.24. The van der Waals surface area contributed by atoms with Gasteiger partial charge in [0.05, 0.1) is 11.6 Å². The number of hydrogen-bond donors (Lipinski definition) is 2. The lowest BCUT2D eigenvalue weighted by atomic mass is 10.1. The zero-order valence-electron chi connectivity index (χ0n) is 11.6. The van der Waals surface area contributed by atoms with Crippen molar-refractivity contribution in [3.05, 3.63) is 83.2 Å². The molecule has 5 heteroatoms. The van der Waals surface area contributed by atoms with Gasteiger partial charge in [-0.2, -0.15) is 0 Å². The van der Waals surface area contributed by atoms with Crippen LogP contribution in [0.15, 0.2) is 60.4 Å². The van der Waals surface area contributed by atoms with Crippen LogP contribution in [0.3, 0.4) is 0 Å². The maximum Gasteiger partial charge on any atom is 0.192 e. The van der Waals surface area contributed by atoms with Crippen LogP contribution in [0.1, 0.15) is 22.0 Å². The normalized spacial score (nSPS) is 18.8. The molecular formula is C17H14F2N2O. The SMILES string of the molecule is O=C(/C=C1/NCC(c2ccccc2)N1)c1ccc(F)cc1F. The molecule has 2 N–H and O–H groups in total. The van der Waals surface area contributed by atoms with Gasteiger partial charge in [-0.3, -0.25) is 4.79 Å².